The Balaban J connectivity index is 2.13. The van der Waals surface area contributed by atoms with Gasteiger partial charge in [0.15, 0.2) is 0 Å². The molecule has 1 atom stereocenters. The van der Waals surface area contributed by atoms with Gasteiger partial charge in [0, 0.05) is 12.6 Å². The lowest BCUT2D eigenvalue weighted by Crippen LogP contribution is -2.39. The fraction of sp³-hybridized carbons (Fsp3) is 0.190. The van der Waals surface area contributed by atoms with Crippen molar-refractivity contribution in [1.29, 1.82) is 0 Å². The molecule has 7 nitrogen and oxygen atoms in total. The number of hydrogen-bond donors (Lipinski definition) is 4. The number of likely N-dealkylation sites (N-methyl/N-ethyl adjacent to an activating group) is 1. The van der Waals surface area contributed by atoms with E-state index in [1.165, 1.54) is 12.5 Å². The van der Waals surface area contributed by atoms with Crippen molar-refractivity contribution in [2.75, 3.05) is 13.6 Å². The molecule has 0 saturated heterocycles. The highest BCUT2D eigenvalue weighted by molar-refractivity contribution is 5.90. The highest BCUT2D eigenvalue weighted by Gasteiger charge is 2.20. The fourth-order valence-electron chi connectivity index (χ4n) is 2.37. The number of carbonyl (C=O) groups is 3. The molecule has 0 spiro atoms. The van der Waals surface area contributed by atoms with Crippen LogP contribution in [0.2, 0.25) is 0 Å². The van der Waals surface area contributed by atoms with Crippen LogP contribution in [-0.2, 0) is 14.4 Å². The first-order valence-electron chi connectivity index (χ1n) is 8.61. The van der Waals surface area contributed by atoms with Crippen molar-refractivity contribution in [3.8, 4) is 23.0 Å². The topological polar surface area (TPSA) is 108 Å². The highest BCUT2D eigenvalue weighted by Crippen LogP contribution is 2.19. The minimum atomic E-state index is -1.01. The first-order chi connectivity index (χ1) is 13.5. The van der Waals surface area contributed by atoms with Gasteiger partial charge in [-0.2, -0.15) is 0 Å². The van der Waals surface area contributed by atoms with Crippen LogP contribution >= 0.6 is 0 Å². The molecule has 0 saturated carbocycles. The predicted octanol–water partition coefficient (Wildman–Crippen LogP) is 1.08. The molecule has 0 aliphatic carbocycles. The Morgan fingerprint density at radius 1 is 0.964 bits per heavy atom. The standard InChI is InChI=1S/C21H21N3O4/c1-22-20(26)14-23-21(27)18(13-19(25)24-28)12-9-15-7-10-17(11-8-15)16-5-3-2-4-6-16/h2-8,10-11,18,28H,13-14H2,1H3,(H,22,26)(H,23,27)(H,24,25). The lowest BCUT2D eigenvalue weighted by atomic mass is 10.0. The number of rotatable bonds is 6. The monoisotopic (exact) mass is 379 g/mol. The number of amides is 3. The van der Waals surface area contributed by atoms with E-state index in [1.807, 2.05) is 54.6 Å². The Labute approximate surface area is 163 Å². The number of hydroxylamine groups is 1. The normalized spacial score (nSPS) is 10.8. The Hall–Kier alpha value is -3.63. The van der Waals surface area contributed by atoms with Gasteiger partial charge in [0.1, 0.15) is 5.92 Å². The van der Waals surface area contributed by atoms with Gasteiger partial charge in [0.25, 0.3) is 0 Å². The van der Waals surface area contributed by atoms with Gasteiger partial charge < -0.3 is 10.6 Å². The third-order valence-electron chi connectivity index (χ3n) is 3.92. The van der Waals surface area contributed by atoms with E-state index in [9.17, 15) is 14.4 Å². The minimum absolute atomic E-state index is 0.222. The quantitative estimate of drug-likeness (QED) is 0.342. The molecule has 3 amide bonds. The molecule has 2 rings (SSSR count). The van der Waals surface area contributed by atoms with Gasteiger partial charge >= 0.3 is 0 Å². The lowest BCUT2D eigenvalue weighted by molar-refractivity contribution is -0.133. The van der Waals surface area contributed by atoms with E-state index < -0.39 is 17.7 Å². The SMILES string of the molecule is CNC(=O)CNC(=O)C(C#Cc1ccc(-c2ccccc2)cc1)CC(=O)NO. The molecule has 0 radical (unpaired) electrons. The average molecular weight is 379 g/mol. The van der Waals surface area contributed by atoms with Crippen LogP contribution in [0.25, 0.3) is 11.1 Å². The molecule has 0 fully saturated rings. The number of carbonyl (C=O) groups excluding carboxylic acids is 3. The number of nitrogens with one attached hydrogen (secondary N) is 3. The Kier molecular flexibility index (Phi) is 7.76. The maximum Gasteiger partial charge on any atom is 0.245 e. The van der Waals surface area contributed by atoms with Crippen LogP contribution in [-0.4, -0.2) is 36.5 Å². The van der Waals surface area contributed by atoms with E-state index in [0.29, 0.717) is 5.56 Å². The summed E-state index contributed by atoms with van der Waals surface area (Å²) in [5.41, 5.74) is 4.27. The molecule has 0 bridgehead atoms. The summed E-state index contributed by atoms with van der Waals surface area (Å²) in [6, 6.07) is 17.3. The summed E-state index contributed by atoms with van der Waals surface area (Å²) >= 11 is 0. The maximum absolute atomic E-state index is 12.2. The number of benzene rings is 2. The van der Waals surface area contributed by atoms with E-state index in [2.05, 4.69) is 22.5 Å². The first kappa shape index (κ1) is 20.7. The Morgan fingerprint density at radius 2 is 1.61 bits per heavy atom. The second kappa shape index (κ2) is 10.5. The van der Waals surface area contributed by atoms with Crippen LogP contribution in [0.4, 0.5) is 0 Å². The summed E-state index contributed by atoms with van der Waals surface area (Å²) in [5, 5.41) is 13.5. The van der Waals surface area contributed by atoms with Gasteiger partial charge in [-0.3, -0.25) is 19.6 Å². The number of hydrogen-bond acceptors (Lipinski definition) is 4. The van der Waals surface area contributed by atoms with Crippen LogP contribution in [0.1, 0.15) is 12.0 Å². The molecule has 28 heavy (non-hydrogen) atoms. The maximum atomic E-state index is 12.2. The molecular formula is C21H21N3O4. The summed E-state index contributed by atoms with van der Waals surface area (Å²) in [5.74, 6) is 2.91. The van der Waals surface area contributed by atoms with Crippen molar-refractivity contribution in [2.24, 2.45) is 5.92 Å². The summed E-state index contributed by atoms with van der Waals surface area (Å²) in [6.45, 7) is -0.222. The van der Waals surface area contributed by atoms with Crippen LogP contribution < -0.4 is 16.1 Å². The van der Waals surface area contributed by atoms with Crippen molar-refractivity contribution in [3.63, 3.8) is 0 Å². The van der Waals surface area contributed by atoms with Crippen molar-refractivity contribution in [3.05, 3.63) is 60.2 Å². The van der Waals surface area contributed by atoms with Gasteiger partial charge in [-0.15, -0.1) is 0 Å². The van der Waals surface area contributed by atoms with Gasteiger partial charge in [0.2, 0.25) is 17.7 Å². The fourth-order valence-corrected chi connectivity index (χ4v) is 2.37. The molecule has 2 aromatic rings. The minimum Gasteiger partial charge on any atom is -0.358 e. The molecule has 0 heterocycles. The van der Waals surface area contributed by atoms with E-state index in [1.54, 1.807) is 0 Å². The second-order valence-electron chi connectivity index (χ2n) is 5.90. The van der Waals surface area contributed by atoms with Gasteiger partial charge in [0.05, 0.1) is 13.0 Å². The molecule has 2 aromatic carbocycles. The van der Waals surface area contributed by atoms with E-state index in [0.717, 1.165) is 11.1 Å². The van der Waals surface area contributed by atoms with Crippen LogP contribution in [0.15, 0.2) is 54.6 Å². The molecule has 1 unspecified atom stereocenters. The smallest absolute Gasteiger partial charge is 0.245 e. The molecule has 144 valence electrons. The zero-order chi connectivity index (χ0) is 20.4. The third-order valence-corrected chi connectivity index (χ3v) is 3.92. The van der Waals surface area contributed by atoms with Crippen molar-refractivity contribution < 1.29 is 19.6 Å². The molecule has 0 aliphatic rings. The molecular weight excluding hydrogens is 358 g/mol. The van der Waals surface area contributed by atoms with Gasteiger partial charge in [-0.25, -0.2) is 5.48 Å². The summed E-state index contributed by atoms with van der Waals surface area (Å²) < 4.78 is 0. The van der Waals surface area contributed by atoms with Gasteiger partial charge in [-0.1, -0.05) is 54.3 Å². The van der Waals surface area contributed by atoms with Crippen LogP contribution in [0, 0.1) is 17.8 Å². The molecule has 7 heteroatoms. The van der Waals surface area contributed by atoms with Crippen LogP contribution in [0.5, 0.6) is 0 Å². The third kappa shape index (κ3) is 6.27. The summed E-state index contributed by atoms with van der Waals surface area (Å²) in [7, 11) is 1.45. The highest BCUT2D eigenvalue weighted by atomic mass is 16.5. The Bertz CT molecular complexity index is 883. The largest absolute Gasteiger partial charge is 0.358 e. The van der Waals surface area contributed by atoms with E-state index in [-0.39, 0.29) is 18.9 Å². The molecule has 0 aromatic heterocycles. The lowest BCUT2D eigenvalue weighted by Gasteiger charge is -2.10. The zero-order valence-electron chi connectivity index (χ0n) is 15.4. The van der Waals surface area contributed by atoms with Crippen molar-refractivity contribution in [2.45, 2.75) is 6.42 Å². The van der Waals surface area contributed by atoms with Gasteiger partial charge in [-0.05, 0) is 23.3 Å². The Morgan fingerprint density at radius 3 is 2.21 bits per heavy atom. The zero-order valence-corrected chi connectivity index (χ0v) is 15.4. The van der Waals surface area contributed by atoms with E-state index in [4.69, 9.17) is 5.21 Å². The summed E-state index contributed by atoms with van der Waals surface area (Å²) in [4.78, 5) is 34.9. The van der Waals surface area contributed by atoms with Crippen molar-refractivity contribution in [1.82, 2.24) is 16.1 Å². The average Bonchev–Trinajstić information content (AvgIpc) is 2.75. The van der Waals surface area contributed by atoms with Crippen molar-refractivity contribution >= 4 is 17.7 Å². The molecule has 4 N–H and O–H groups in total. The van der Waals surface area contributed by atoms with E-state index >= 15 is 0 Å². The second-order valence-corrected chi connectivity index (χ2v) is 5.90. The van der Waals surface area contributed by atoms with Crippen LogP contribution in [0.3, 0.4) is 0 Å². The molecule has 0 aliphatic heterocycles. The predicted molar refractivity (Wildman–Crippen MR) is 104 cm³/mol. The first-order valence-corrected chi connectivity index (χ1v) is 8.61. The summed E-state index contributed by atoms with van der Waals surface area (Å²) in [6.07, 6.45) is -0.328.